The zero-order valence-corrected chi connectivity index (χ0v) is 11.2. The molecule has 1 rings (SSSR count). The first-order valence-corrected chi connectivity index (χ1v) is 6.96. The van der Waals surface area contributed by atoms with Crippen LogP contribution in [-0.4, -0.2) is 38.6 Å². The summed E-state index contributed by atoms with van der Waals surface area (Å²) in [6, 6.07) is -0.578. The maximum atomic E-state index is 11.4. The molecule has 1 aromatic heterocycles. The Labute approximate surface area is 108 Å². The Kier molecular flexibility index (Phi) is 5.21. The number of nitrogens with zero attached hydrogens (tertiary/aromatic N) is 1. The van der Waals surface area contributed by atoms with Crippen molar-refractivity contribution in [3.63, 3.8) is 0 Å². The van der Waals surface area contributed by atoms with Gasteiger partial charge in [0.05, 0.1) is 12.6 Å². The lowest BCUT2D eigenvalue weighted by atomic mass is 10.4. The summed E-state index contributed by atoms with van der Waals surface area (Å²) in [7, 11) is -3.49. The minimum Gasteiger partial charge on any atom is -0.346 e. The molecule has 0 aliphatic rings. The summed E-state index contributed by atoms with van der Waals surface area (Å²) in [4.78, 5) is 43.0. The molecular formula is C9H15N2O7P. The molecule has 0 aromatic carbocycles. The normalized spacial score (nSPS) is 15.2. The number of methoxy groups -OCH3 is 1. The van der Waals surface area contributed by atoms with E-state index >= 15 is 0 Å². The molecule has 0 aliphatic carbocycles. The Bertz CT molecular complexity index is 546. The fourth-order valence-electron chi connectivity index (χ4n) is 1.40. The highest BCUT2D eigenvalue weighted by Gasteiger charge is 2.31. The lowest BCUT2D eigenvalue weighted by Gasteiger charge is -2.21. The summed E-state index contributed by atoms with van der Waals surface area (Å²) in [5.41, 5.74) is -1.17. The lowest BCUT2D eigenvalue weighted by molar-refractivity contribution is -0.114. The molecule has 0 aliphatic heterocycles. The molecule has 0 amide bonds. The average Bonchev–Trinajstić information content (AvgIpc) is 2.29. The van der Waals surface area contributed by atoms with Gasteiger partial charge in [0.2, 0.25) is 0 Å². The molecule has 0 saturated heterocycles. The number of H-pyrrole nitrogens is 1. The van der Waals surface area contributed by atoms with Gasteiger partial charge in [0.15, 0.2) is 0 Å². The summed E-state index contributed by atoms with van der Waals surface area (Å²) in [6.07, 6.45) is 0.402. The Hall–Kier alpha value is -1.25. The van der Waals surface area contributed by atoms with Gasteiger partial charge in [-0.1, -0.05) is 0 Å². The third-order valence-electron chi connectivity index (χ3n) is 2.21. The number of aromatic amines is 1. The number of ether oxygens (including phenoxy) is 2. The summed E-state index contributed by atoms with van der Waals surface area (Å²) in [6.45, 7) is 1.30. The van der Waals surface area contributed by atoms with Gasteiger partial charge in [-0.3, -0.25) is 13.9 Å². The van der Waals surface area contributed by atoms with Crippen LogP contribution in [-0.2, 0) is 20.6 Å². The Morgan fingerprint density at radius 3 is 2.58 bits per heavy atom. The molecule has 0 saturated carbocycles. The second-order valence-corrected chi connectivity index (χ2v) is 5.41. The quantitative estimate of drug-likeness (QED) is 0.455. The lowest BCUT2D eigenvalue weighted by Crippen LogP contribution is -2.38. The molecule has 9 nitrogen and oxygen atoms in total. The molecule has 19 heavy (non-hydrogen) atoms. The first-order valence-electron chi connectivity index (χ1n) is 5.27. The van der Waals surface area contributed by atoms with Gasteiger partial charge in [0, 0.05) is 19.4 Å². The molecule has 1 heterocycles. The van der Waals surface area contributed by atoms with Gasteiger partial charge >= 0.3 is 13.3 Å². The molecule has 0 bridgehead atoms. The molecule has 0 fully saturated rings. The highest BCUT2D eigenvalue weighted by molar-refractivity contribution is 7.52. The van der Waals surface area contributed by atoms with Crippen molar-refractivity contribution in [3.8, 4) is 0 Å². The minimum atomic E-state index is -4.58. The van der Waals surface area contributed by atoms with Gasteiger partial charge in [0.1, 0.15) is 0 Å². The largest absolute Gasteiger partial charge is 0.381 e. The summed E-state index contributed by atoms with van der Waals surface area (Å²) in [5, 5.41) is 0. The smallest absolute Gasteiger partial charge is 0.346 e. The van der Waals surface area contributed by atoms with Gasteiger partial charge < -0.3 is 24.2 Å². The van der Waals surface area contributed by atoms with Gasteiger partial charge in [0.25, 0.3) is 11.6 Å². The molecular weight excluding hydrogens is 279 g/mol. The fourth-order valence-corrected chi connectivity index (χ4v) is 2.04. The maximum absolute atomic E-state index is 11.4. The van der Waals surface area contributed by atoms with Crippen molar-refractivity contribution in [2.24, 2.45) is 0 Å². The van der Waals surface area contributed by atoms with Crippen LogP contribution in [0, 0.1) is 0 Å². The van der Waals surface area contributed by atoms with Crippen LogP contribution in [0.5, 0.6) is 0 Å². The predicted octanol–water partition coefficient (Wildman–Crippen LogP) is -0.951. The molecule has 3 N–H and O–H groups in total. The van der Waals surface area contributed by atoms with Gasteiger partial charge in [-0.25, -0.2) is 4.79 Å². The number of nitrogens with one attached hydrogen (secondary N) is 1. The van der Waals surface area contributed by atoms with E-state index in [1.165, 1.54) is 13.1 Å². The van der Waals surface area contributed by atoms with E-state index in [1.807, 2.05) is 0 Å². The van der Waals surface area contributed by atoms with Crippen molar-refractivity contribution in [1.82, 2.24) is 9.55 Å². The van der Waals surface area contributed by atoms with Crippen LogP contribution in [0.25, 0.3) is 0 Å². The predicted molar refractivity (Wildman–Crippen MR) is 64.7 cm³/mol. The van der Waals surface area contributed by atoms with Gasteiger partial charge in [-0.05, 0) is 6.92 Å². The SMILES string of the molecule is COC(OC(C)Cn1c(=O)cc[nH]c1=O)P(=O)(O)O. The van der Waals surface area contributed by atoms with Gasteiger partial charge in [-0.15, -0.1) is 0 Å². The van der Waals surface area contributed by atoms with Crippen molar-refractivity contribution < 1.29 is 23.8 Å². The Balaban J connectivity index is 2.81. The summed E-state index contributed by atoms with van der Waals surface area (Å²) >= 11 is 0. The molecule has 0 spiro atoms. The first-order chi connectivity index (χ1) is 8.75. The van der Waals surface area contributed by atoms with Crippen LogP contribution < -0.4 is 11.2 Å². The fraction of sp³-hybridized carbons (Fsp3) is 0.556. The van der Waals surface area contributed by atoms with Crippen LogP contribution in [0.2, 0.25) is 0 Å². The topological polar surface area (TPSA) is 131 Å². The standard InChI is InChI=1S/C9H15N2O7P/c1-6(18-9(17-2)19(14,15)16)5-11-7(12)3-4-10-8(11)13/h3-4,6,9H,5H2,1-2H3,(H,10,13)(H2,14,15,16). The summed E-state index contributed by atoms with van der Waals surface area (Å²) in [5.74, 6) is 0. The van der Waals surface area contributed by atoms with Crippen LogP contribution in [0.15, 0.2) is 21.9 Å². The van der Waals surface area contributed by atoms with E-state index in [0.29, 0.717) is 0 Å². The van der Waals surface area contributed by atoms with E-state index in [9.17, 15) is 14.2 Å². The third kappa shape index (κ3) is 4.41. The summed E-state index contributed by atoms with van der Waals surface area (Å²) < 4.78 is 21.4. The zero-order chi connectivity index (χ0) is 14.6. The van der Waals surface area contributed by atoms with Crippen LogP contribution >= 0.6 is 7.60 Å². The van der Waals surface area contributed by atoms with Crippen LogP contribution in [0.3, 0.4) is 0 Å². The molecule has 0 radical (unpaired) electrons. The zero-order valence-electron chi connectivity index (χ0n) is 10.3. The Morgan fingerprint density at radius 1 is 1.47 bits per heavy atom. The average molecular weight is 294 g/mol. The number of rotatable bonds is 6. The molecule has 108 valence electrons. The molecule has 10 heteroatoms. The third-order valence-corrected chi connectivity index (χ3v) is 3.09. The highest BCUT2D eigenvalue weighted by Crippen LogP contribution is 2.42. The second-order valence-electron chi connectivity index (χ2n) is 3.81. The van der Waals surface area contributed by atoms with Crippen molar-refractivity contribution in [2.75, 3.05) is 7.11 Å². The van der Waals surface area contributed by atoms with Gasteiger partial charge in [-0.2, -0.15) is 0 Å². The number of hydrogen-bond acceptors (Lipinski definition) is 5. The second kappa shape index (κ2) is 6.27. The maximum Gasteiger partial charge on any atom is 0.381 e. The van der Waals surface area contributed by atoms with E-state index in [0.717, 1.165) is 17.7 Å². The first kappa shape index (κ1) is 15.8. The van der Waals surface area contributed by atoms with E-state index in [1.54, 1.807) is 0 Å². The molecule has 1 aromatic rings. The van der Waals surface area contributed by atoms with Crippen LogP contribution in [0.4, 0.5) is 0 Å². The van der Waals surface area contributed by atoms with Crippen molar-refractivity contribution in [3.05, 3.63) is 33.1 Å². The van der Waals surface area contributed by atoms with E-state index in [2.05, 4.69) is 9.72 Å². The van der Waals surface area contributed by atoms with Crippen molar-refractivity contribution >= 4 is 7.60 Å². The van der Waals surface area contributed by atoms with E-state index in [-0.39, 0.29) is 6.54 Å². The van der Waals surface area contributed by atoms with E-state index < -0.39 is 31.0 Å². The minimum absolute atomic E-state index is 0.158. The van der Waals surface area contributed by atoms with Crippen LogP contribution in [0.1, 0.15) is 6.92 Å². The monoisotopic (exact) mass is 294 g/mol. The molecule has 2 atom stereocenters. The Morgan fingerprint density at radius 2 is 2.11 bits per heavy atom. The number of aromatic nitrogens is 2. The van der Waals surface area contributed by atoms with Crippen molar-refractivity contribution in [2.45, 2.75) is 25.6 Å². The highest BCUT2D eigenvalue weighted by atomic mass is 31.2. The van der Waals surface area contributed by atoms with E-state index in [4.69, 9.17) is 14.5 Å². The number of hydrogen-bond donors (Lipinski definition) is 3. The van der Waals surface area contributed by atoms with Crippen molar-refractivity contribution in [1.29, 1.82) is 0 Å². The molecule has 2 unspecified atom stereocenters.